The maximum atomic E-state index is 9.09. The van der Waals surface area contributed by atoms with E-state index in [1.807, 2.05) is 37.3 Å². The van der Waals surface area contributed by atoms with Gasteiger partial charge in [-0.15, -0.1) is 0 Å². The van der Waals surface area contributed by atoms with Crippen molar-refractivity contribution in [1.29, 1.82) is 0 Å². The predicted molar refractivity (Wildman–Crippen MR) is 175 cm³/mol. The van der Waals surface area contributed by atoms with Crippen LogP contribution in [0, 0.1) is 6.92 Å². The van der Waals surface area contributed by atoms with Crippen molar-refractivity contribution in [3.8, 4) is 11.1 Å². The van der Waals surface area contributed by atoms with Crippen LogP contribution in [0.25, 0.3) is 16.7 Å². The highest BCUT2D eigenvalue weighted by molar-refractivity contribution is 6.37. The molecule has 2 aromatic carbocycles. The van der Waals surface area contributed by atoms with Gasteiger partial charge in [0.15, 0.2) is 0 Å². The Morgan fingerprint density at radius 1 is 1.12 bits per heavy atom. The van der Waals surface area contributed by atoms with Gasteiger partial charge in [0.2, 0.25) is 0 Å². The normalized spacial score (nSPS) is 18.6. The summed E-state index contributed by atoms with van der Waals surface area (Å²) in [6, 6.07) is 12.4. The first kappa shape index (κ1) is 31.8. The van der Waals surface area contributed by atoms with E-state index in [1.54, 1.807) is 13.2 Å². The molecule has 0 aromatic heterocycles. The molecule has 41 heavy (non-hydrogen) atoms. The molecule has 0 amide bonds. The summed E-state index contributed by atoms with van der Waals surface area (Å²) in [7, 11) is 7.97. The molecule has 0 fully saturated rings. The number of likely N-dealkylation sites (N-methyl/N-ethyl adjacent to an activating group) is 2. The molecule has 0 saturated carbocycles. The first-order valence-corrected chi connectivity index (χ1v) is 14.0. The van der Waals surface area contributed by atoms with E-state index >= 15 is 0 Å². The summed E-state index contributed by atoms with van der Waals surface area (Å²) < 4.78 is 0. The highest BCUT2D eigenvalue weighted by Gasteiger charge is 2.18. The van der Waals surface area contributed by atoms with Crippen molar-refractivity contribution in [2.45, 2.75) is 20.0 Å². The minimum absolute atomic E-state index is 0.0576. The molecule has 1 aliphatic heterocycles. The average Bonchev–Trinajstić information content (AvgIpc) is 2.94. The van der Waals surface area contributed by atoms with E-state index in [0.717, 1.165) is 51.2 Å². The van der Waals surface area contributed by atoms with Crippen molar-refractivity contribution in [2.75, 3.05) is 41.3 Å². The second kappa shape index (κ2) is 15.4. The fourth-order valence-electron chi connectivity index (χ4n) is 4.85. The second-order valence-corrected chi connectivity index (χ2v) is 10.5. The first-order valence-electron chi connectivity index (χ1n) is 13.6. The van der Waals surface area contributed by atoms with E-state index in [9.17, 15) is 0 Å². The van der Waals surface area contributed by atoms with Crippen molar-refractivity contribution in [2.24, 2.45) is 4.99 Å². The van der Waals surface area contributed by atoms with Gasteiger partial charge in [0.1, 0.15) is 6.17 Å². The maximum Gasteiger partial charge on any atom is 0.118 e. The lowest BCUT2D eigenvalue weighted by Crippen LogP contribution is -2.37. The molecule has 3 rings (SSSR count). The molecule has 1 unspecified atom stereocenters. The fraction of sp³-hybridized carbons (Fsp3) is 0.265. The maximum absolute atomic E-state index is 9.09. The van der Waals surface area contributed by atoms with Gasteiger partial charge in [0, 0.05) is 44.5 Å². The topological polar surface area (TPSA) is 63.1 Å². The summed E-state index contributed by atoms with van der Waals surface area (Å²) in [6.07, 6.45) is 16.2. The third-order valence-corrected chi connectivity index (χ3v) is 7.38. The Morgan fingerprint density at radius 2 is 1.83 bits per heavy atom. The van der Waals surface area contributed by atoms with Crippen LogP contribution in [0.2, 0.25) is 5.02 Å². The van der Waals surface area contributed by atoms with Gasteiger partial charge in [-0.05, 0) is 79.7 Å². The van der Waals surface area contributed by atoms with Crippen LogP contribution < -0.4 is 10.8 Å². The quantitative estimate of drug-likeness (QED) is 0.161. The highest BCUT2D eigenvalue weighted by atomic mass is 35.5. The van der Waals surface area contributed by atoms with Crippen molar-refractivity contribution in [3.05, 3.63) is 125 Å². The van der Waals surface area contributed by atoms with Gasteiger partial charge in [0.25, 0.3) is 0 Å². The van der Waals surface area contributed by atoms with E-state index in [4.69, 9.17) is 16.8 Å². The molecule has 0 saturated heterocycles. The number of nitrogens with one attached hydrogen (secondary N) is 2. The van der Waals surface area contributed by atoms with Gasteiger partial charge in [-0.3, -0.25) is 4.99 Å². The van der Waals surface area contributed by atoms with Crippen molar-refractivity contribution >= 4 is 22.9 Å². The Bertz CT molecular complexity index is 1410. The third kappa shape index (κ3) is 8.18. The first-order chi connectivity index (χ1) is 19.7. The Hall–Kier alpha value is -3.68. The Morgan fingerprint density at radius 3 is 2.49 bits per heavy atom. The smallest absolute Gasteiger partial charge is 0.118 e. The zero-order valence-corrected chi connectivity index (χ0v) is 25.7. The molecule has 0 spiro atoms. The van der Waals surface area contributed by atoms with Crippen LogP contribution in [0.1, 0.15) is 23.6 Å². The van der Waals surface area contributed by atoms with Crippen LogP contribution in [0.15, 0.2) is 108 Å². The number of hydrogen-bond acceptors (Lipinski definition) is 6. The minimum Gasteiger partial charge on any atom is -0.369 e. The summed E-state index contributed by atoms with van der Waals surface area (Å²) in [5.74, 6) is 0. The number of allylic oxidation sites excluding steroid dienone is 4. The van der Waals surface area contributed by atoms with Crippen LogP contribution >= 0.6 is 11.6 Å². The van der Waals surface area contributed by atoms with E-state index in [0.29, 0.717) is 11.6 Å². The molecule has 7 heteroatoms. The zero-order chi connectivity index (χ0) is 29.9. The average molecular weight is 572 g/mol. The third-order valence-electron chi connectivity index (χ3n) is 6.97. The monoisotopic (exact) mass is 571 g/mol. The Kier molecular flexibility index (Phi) is 11.9. The number of halogens is 1. The number of hydrogen-bond donors (Lipinski definition) is 3. The van der Waals surface area contributed by atoms with E-state index < -0.39 is 0 Å². The van der Waals surface area contributed by atoms with E-state index in [2.05, 4.69) is 109 Å². The van der Waals surface area contributed by atoms with E-state index in [-0.39, 0.29) is 6.17 Å². The molecule has 0 radical (unpaired) electrons. The van der Waals surface area contributed by atoms with E-state index in [1.165, 1.54) is 5.57 Å². The van der Waals surface area contributed by atoms with Gasteiger partial charge in [0.05, 0.1) is 10.7 Å². The molecule has 1 aliphatic rings. The molecule has 216 valence electrons. The minimum atomic E-state index is -0.0576. The lowest BCUT2D eigenvalue weighted by molar-refractivity contribution is 0.178. The molecule has 3 N–H and O–H groups in total. The lowest BCUT2D eigenvalue weighted by atomic mass is 9.90. The standard InChI is InChI=1S/C34H42ClN5O/c1-8-25(21-38-41)17-19-32(36-4)31-15-11-14-30(34(31)35)29-13-10-12-28(24(29)3)27-18-16-26(22-39(5)6)23-40(7)33(20-27)37-9-2/h8-20,23,33,37-38,41H,2,21-22H2,1,3-7H3/b18-16-,19-17-,25-8-,26-23?,27-20+,36-32?. The van der Waals surface area contributed by atoms with Gasteiger partial charge in [-0.2, -0.15) is 0 Å². The van der Waals surface area contributed by atoms with Crippen LogP contribution in [0.3, 0.4) is 0 Å². The van der Waals surface area contributed by atoms with Crippen molar-refractivity contribution < 1.29 is 5.21 Å². The lowest BCUT2D eigenvalue weighted by Gasteiger charge is -2.28. The number of hydroxylamine groups is 1. The Balaban J connectivity index is 2.09. The molecule has 0 bridgehead atoms. The zero-order valence-electron chi connectivity index (χ0n) is 24.9. The van der Waals surface area contributed by atoms with Crippen LogP contribution in [0.5, 0.6) is 0 Å². The molecule has 1 heterocycles. The number of aliphatic imine (C=N–C) groups is 1. The highest BCUT2D eigenvalue weighted by Crippen LogP contribution is 2.36. The number of nitrogens with zero attached hydrogens (tertiary/aromatic N) is 3. The number of benzene rings is 2. The van der Waals surface area contributed by atoms with Gasteiger partial charge in [-0.1, -0.05) is 78.9 Å². The molecular weight excluding hydrogens is 530 g/mol. The largest absolute Gasteiger partial charge is 0.369 e. The fourth-order valence-corrected chi connectivity index (χ4v) is 5.17. The van der Waals surface area contributed by atoms with Crippen molar-refractivity contribution in [1.82, 2.24) is 20.6 Å². The Labute approximate surface area is 250 Å². The number of rotatable bonds is 11. The van der Waals surface area contributed by atoms with Crippen LogP contribution in [-0.2, 0) is 0 Å². The summed E-state index contributed by atoms with van der Waals surface area (Å²) in [4.78, 5) is 8.83. The molecule has 2 aromatic rings. The van der Waals surface area contributed by atoms with Crippen LogP contribution in [-0.4, -0.2) is 68.2 Å². The summed E-state index contributed by atoms with van der Waals surface area (Å²) >= 11 is 7.09. The van der Waals surface area contributed by atoms with Crippen LogP contribution in [0.4, 0.5) is 0 Å². The summed E-state index contributed by atoms with van der Waals surface area (Å²) in [6.45, 7) is 9.15. The molecule has 1 atom stereocenters. The predicted octanol–water partition coefficient (Wildman–Crippen LogP) is 6.61. The molecule has 6 nitrogen and oxygen atoms in total. The van der Waals surface area contributed by atoms with Gasteiger partial charge >= 0.3 is 0 Å². The molecular formula is C34H42ClN5O. The van der Waals surface area contributed by atoms with Gasteiger partial charge < -0.3 is 20.3 Å². The second-order valence-electron chi connectivity index (χ2n) is 10.2. The summed E-state index contributed by atoms with van der Waals surface area (Å²) in [5, 5.41) is 13.1. The van der Waals surface area contributed by atoms with Gasteiger partial charge in [-0.25, -0.2) is 5.48 Å². The summed E-state index contributed by atoms with van der Waals surface area (Å²) in [5.41, 5.74) is 11.3. The van der Waals surface area contributed by atoms with Crippen molar-refractivity contribution in [3.63, 3.8) is 0 Å². The SMILES string of the molecule is C=CNC1/C=C(c2cccc(-c3cccc(C(/C=C\C(=C\C)CNO)=NC)c3Cl)c2C)\C=C/C(CN(C)C)=CN1C. The molecule has 0 aliphatic carbocycles.